The number of carbonyl (C=O) groups excluding carboxylic acids is 2. The third kappa shape index (κ3) is 5.25. The van der Waals surface area contributed by atoms with Crippen LogP contribution in [0.4, 0.5) is 0 Å². The standard InChI is InChI=1S/C28H26Cl2N2O4/c1-3-4-12-36-23-10-8-20(13-17(23)2)26(33)24-25(19-7-9-21(29)22(30)14-19)32(28(35)27(24)34)16-18-6-5-11-31-15-18/h5-11,13-15,25,33H,3-4,12,16H2,1-2H3/t25-/m1/s1. The van der Waals surface area contributed by atoms with Crippen molar-refractivity contribution in [2.24, 2.45) is 0 Å². The Labute approximate surface area is 220 Å². The summed E-state index contributed by atoms with van der Waals surface area (Å²) in [7, 11) is 0. The fourth-order valence-corrected chi connectivity index (χ4v) is 4.51. The second-order valence-corrected chi connectivity index (χ2v) is 9.46. The van der Waals surface area contributed by atoms with Crippen LogP contribution in [0.25, 0.3) is 5.76 Å². The van der Waals surface area contributed by atoms with Gasteiger partial charge in [-0.3, -0.25) is 14.6 Å². The van der Waals surface area contributed by atoms with Crippen LogP contribution in [0, 0.1) is 6.92 Å². The van der Waals surface area contributed by atoms with Gasteiger partial charge in [-0.1, -0.05) is 48.7 Å². The van der Waals surface area contributed by atoms with Crippen molar-refractivity contribution < 1.29 is 19.4 Å². The van der Waals surface area contributed by atoms with Gasteiger partial charge in [0.2, 0.25) is 0 Å². The Kier molecular flexibility index (Phi) is 7.97. The number of halogens is 2. The van der Waals surface area contributed by atoms with Crippen LogP contribution in [0.1, 0.15) is 48.1 Å². The molecule has 0 bridgehead atoms. The fourth-order valence-electron chi connectivity index (χ4n) is 4.20. The van der Waals surface area contributed by atoms with Crippen molar-refractivity contribution in [2.75, 3.05) is 6.61 Å². The molecule has 0 unspecified atom stereocenters. The highest BCUT2D eigenvalue weighted by atomic mass is 35.5. The van der Waals surface area contributed by atoms with Crippen LogP contribution in [0.3, 0.4) is 0 Å². The van der Waals surface area contributed by atoms with Gasteiger partial charge in [-0.15, -0.1) is 0 Å². The number of Topliss-reactive ketones (excluding diaryl/α,β-unsaturated/α-hetero) is 1. The number of nitrogens with zero attached hydrogens (tertiary/aromatic N) is 2. The number of carbonyl (C=O) groups is 2. The number of benzene rings is 2. The minimum Gasteiger partial charge on any atom is -0.507 e. The molecule has 0 radical (unpaired) electrons. The maximum Gasteiger partial charge on any atom is 0.295 e. The molecule has 36 heavy (non-hydrogen) atoms. The molecule has 1 aromatic heterocycles. The molecule has 0 saturated carbocycles. The summed E-state index contributed by atoms with van der Waals surface area (Å²) >= 11 is 12.4. The lowest BCUT2D eigenvalue weighted by molar-refractivity contribution is -0.140. The quantitative estimate of drug-likeness (QED) is 0.157. The van der Waals surface area contributed by atoms with E-state index in [9.17, 15) is 14.7 Å². The minimum atomic E-state index is -0.860. The van der Waals surface area contributed by atoms with Gasteiger partial charge < -0.3 is 14.7 Å². The zero-order chi connectivity index (χ0) is 25.8. The summed E-state index contributed by atoms with van der Waals surface area (Å²) in [5.41, 5.74) is 2.52. The van der Waals surface area contributed by atoms with E-state index in [1.54, 1.807) is 54.9 Å². The SMILES string of the molecule is CCCCOc1ccc(C(O)=C2C(=O)C(=O)N(Cc3cccnc3)[C@@H]2c2ccc(Cl)c(Cl)c2)cc1C. The van der Waals surface area contributed by atoms with Gasteiger partial charge in [0.05, 0.1) is 28.3 Å². The smallest absolute Gasteiger partial charge is 0.295 e. The molecule has 1 N–H and O–H groups in total. The molecule has 1 aliphatic heterocycles. The van der Waals surface area contributed by atoms with Crippen molar-refractivity contribution in [3.8, 4) is 5.75 Å². The summed E-state index contributed by atoms with van der Waals surface area (Å²) in [6.07, 6.45) is 5.22. The Morgan fingerprint density at radius 2 is 1.92 bits per heavy atom. The first-order valence-corrected chi connectivity index (χ1v) is 12.4. The number of pyridine rings is 1. The molecule has 186 valence electrons. The van der Waals surface area contributed by atoms with Crippen LogP contribution in [0.5, 0.6) is 5.75 Å². The fraction of sp³-hybridized carbons (Fsp3) is 0.250. The van der Waals surface area contributed by atoms with E-state index < -0.39 is 17.7 Å². The number of aryl methyl sites for hydroxylation is 1. The summed E-state index contributed by atoms with van der Waals surface area (Å²) in [6, 6.07) is 12.8. The van der Waals surface area contributed by atoms with Gasteiger partial charge in [-0.05, 0) is 66.4 Å². The van der Waals surface area contributed by atoms with E-state index in [0.29, 0.717) is 28.5 Å². The number of aromatic nitrogens is 1. The molecule has 4 rings (SSSR count). The van der Waals surface area contributed by atoms with E-state index in [0.717, 1.165) is 24.0 Å². The molecule has 8 heteroatoms. The molecule has 3 aromatic rings. The highest BCUT2D eigenvalue weighted by molar-refractivity contribution is 6.46. The lowest BCUT2D eigenvalue weighted by Crippen LogP contribution is -2.29. The maximum absolute atomic E-state index is 13.3. The van der Waals surface area contributed by atoms with Gasteiger partial charge in [0, 0.05) is 24.5 Å². The summed E-state index contributed by atoms with van der Waals surface area (Å²) in [4.78, 5) is 32.0. The number of likely N-dealkylation sites (tertiary alicyclic amines) is 1. The Hall–Kier alpha value is -3.35. The highest BCUT2D eigenvalue weighted by Crippen LogP contribution is 2.42. The Morgan fingerprint density at radius 3 is 2.58 bits per heavy atom. The predicted octanol–water partition coefficient (Wildman–Crippen LogP) is 6.50. The largest absolute Gasteiger partial charge is 0.507 e. The van der Waals surface area contributed by atoms with Crippen LogP contribution in [-0.4, -0.2) is 33.3 Å². The van der Waals surface area contributed by atoms with Crippen LogP contribution in [0.15, 0.2) is 66.5 Å². The summed E-state index contributed by atoms with van der Waals surface area (Å²) < 4.78 is 5.81. The third-order valence-electron chi connectivity index (χ3n) is 6.08. The van der Waals surface area contributed by atoms with Crippen molar-refractivity contribution in [3.63, 3.8) is 0 Å². The van der Waals surface area contributed by atoms with Gasteiger partial charge in [0.15, 0.2) is 0 Å². The lowest BCUT2D eigenvalue weighted by Gasteiger charge is -2.25. The Balaban J connectivity index is 1.80. The van der Waals surface area contributed by atoms with Gasteiger partial charge >= 0.3 is 0 Å². The molecule has 0 spiro atoms. The average Bonchev–Trinajstić information content (AvgIpc) is 3.12. The zero-order valence-electron chi connectivity index (χ0n) is 20.0. The number of unbranched alkanes of at least 4 members (excludes halogenated alkanes) is 1. The highest BCUT2D eigenvalue weighted by Gasteiger charge is 2.46. The van der Waals surface area contributed by atoms with Crippen LogP contribution < -0.4 is 4.74 Å². The summed E-state index contributed by atoms with van der Waals surface area (Å²) in [6.45, 7) is 4.68. The van der Waals surface area contributed by atoms with E-state index in [-0.39, 0.29) is 22.9 Å². The van der Waals surface area contributed by atoms with Crippen LogP contribution in [-0.2, 0) is 16.1 Å². The molecule has 2 heterocycles. The van der Waals surface area contributed by atoms with Crippen LogP contribution in [0.2, 0.25) is 10.0 Å². The van der Waals surface area contributed by atoms with Gasteiger partial charge in [-0.2, -0.15) is 0 Å². The molecule has 1 fully saturated rings. The molecule has 1 atom stereocenters. The van der Waals surface area contributed by atoms with Gasteiger partial charge in [0.1, 0.15) is 11.5 Å². The van der Waals surface area contributed by atoms with E-state index in [1.807, 2.05) is 13.0 Å². The van der Waals surface area contributed by atoms with Crippen molar-refractivity contribution in [1.29, 1.82) is 0 Å². The van der Waals surface area contributed by atoms with E-state index in [2.05, 4.69) is 11.9 Å². The zero-order valence-corrected chi connectivity index (χ0v) is 21.5. The second-order valence-electron chi connectivity index (χ2n) is 8.64. The molecule has 1 saturated heterocycles. The third-order valence-corrected chi connectivity index (χ3v) is 6.82. The average molecular weight is 525 g/mol. The number of amides is 1. The number of aliphatic hydroxyl groups is 1. The second kappa shape index (κ2) is 11.1. The van der Waals surface area contributed by atoms with E-state index >= 15 is 0 Å². The van der Waals surface area contributed by atoms with E-state index in [4.69, 9.17) is 27.9 Å². The first kappa shape index (κ1) is 25.7. The normalized spacial score (nSPS) is 17.0. The Morgan fingerprint density at radius 1 is 1.11 bits per heavy atom. The molecule has 2 aromatic carbocycles. The van der Waals surface area contributed by atoms with Crippen molar-refractivity contribution in [1.82, 2.24) is 9.88 Å². The minimum absolute atomic E-state index is 0.0127. The first-order chi connectivity index (χ1) is 17.3. The molecule has 6 nitrogen and oxygen atoms in total. The first-order valence-electron chi connectivity index (χ1n) is 11.7. The van der Waals surface area contributed by atoms with Crippen molar-refractivity contribution >= 4 is 40.7 Å². The summed E-state index contributed by atoms with van der Waals surface area (Å²) in [5, 5.41) is 12.0. The maximum atomic E-state index is 13.3. The topological polar surface area (TPSA) is 79.7 Å². The number of rotatable bonds is 8. The number of hydrogen-bond donors (Lipinski definition) is 1. The monoisotopic (exact) mass is 524 g/mol. The molecular weight excluding hydrogens is 499 g/mol. The molecule has 0 aliphatic carbocycles. The van der Waals surface area contributed by atoms with E-state index in [1.165, 1.54) is 4.90 Å². The number of aliphatic hydroxyl groups excluding tert-OH is 1. The molecular formula is C28H26Cl2N2O4. The van der Waals surface area contributed by atoms with Crippen molar-refractivity contribution in [3.05, 3.63) is 98.8 Å². The van der Waals surface area contributed by atoms with Gasteiger partial charge in [0.25, 0.3) is 11.7 Å². The van der Waals surface area contributed by atoms with Crippen molar-refractivity contribution in [2.45, 2.75) is 39.3 Å². The lowest BCUT2D eigenvalue weighted by atomic mass is 9.94. The number of ketones is 1. The predicted molar refractivity (Wildman–Crippen MR) is 140 cm³/mol. The van der Waals surface area contributed by atoms with Gasteiger partial charge in [-0.25, -0.2) is 0 Å². The number of ether oxygens (including phenoxy) is 1. The molecule has 1 amide bonds. The Bertz CT molecular complexity index is 1320. The number of hydrogen-bond acceptors (Lipinski definition) is 5. The molecule has 1 aliphatic rings. The summed E-state index contributed by atoms with van der Waals surface area (Å²) in [5.74, 6) is -1.04. The van der Waals surface area contributed by atoms with Crippen LogP contribution >= 0.6 is 23.2 Å².